The molecule has 0 spiro atoms. The van der Waals surface area contributed by atoms with Gasteiger partial charge in [-0.2, -0.15) is 0 Å². The SMILES string of the molecule is CN(CCNCCc1cccs1)CC1CCOCC1. The molecule has 0 bridgehead atoms. The van der Waals surface area contributed by atoms with E-state index in [9.17, 15) is 0 Å². The van der Waals surface area contributed by atoms with Crippen LogP contribution in [0, 0.1) is 5.92 Å². The van der Waals surface area contributed by atoms with Crippen molar-refractivity contribution in [1.29, 1.82) is 0 Å². The van der Waals surface area contributed by atoms with E-state index in [4.69, 9.17) is 4.74 Å². The minimum Gasteiger partial charge on any atom is -0.381 e. The van der Waals surface area contributed by atoms with Gasteiger partial charge in [0.1, 0.15) is 0 Å². The van der Waals surface area contributed by atoms with Crippen molar-refractivity contribution in [1.82, 2.24) is 10.2 Å². The standard InChI is InChI=1S/C15H26N2OS/c1-17(13-14-5-10-18-11-6-14)9-8-16-7-4-15-3-2-12-19-15/h2-3,12,14,16H,4-11,13H2,1H3. The van der Waals surface area contributed by atoms with E-state index in [0.29, 0.717) is 0 Å². The molecular weight excluding hydrogens is 256 g/mol. The summed E-state index contributed by atoms with van der Waals surface area (Å²) >= 11 is 1.85. The molecule has 1 aliphatic heterocycles. The molecule has 1 aromatic rings. The van der Waals surface area contributed by atoms with Crippen LogP contribution in [-0.2, 0) is 11.2 Å². The molecule has 2 heterocycles. The van der Waals surface area contributed by atoms with Gasteiger partial charge in [-0.05, 0) is 43.7 Å². The third-order valence-electron chi connectivity index (χ3n) is 3.71. The van der Waals surface area contributed by atoms with Crippen LogP contribution < -0.4 is 5.32 Å². The Morgan fingerprint density at radius 3 is 2.95 bits per heavy atom. The number of hydrogen-bond donors (Lipinski definition) is 1. The zero-order valence-electron chi connectivity index (χ0n) is 11.9. The molecule has 0 amide bonds. The van der Waals surface area contributed by atoms with Crippen LogP contribution in [0.2, 0.25) is 0 Å². The van der Waals surface area contributed by atoms with Gasteiger partial charge in [-0.1, -0.05) is 6.07 Å². The average Bonchev–Trinajstić information content (AvgIpc) is 2.92. The molecule has 1 saturated heterocycles. The van der Waals surface area contributed by atoms with Gasteiger partial charge in [-0.25, -0.2) is 0 Å². The number of likely N-dealkylation sites (N-methyl/N-ethyl adjacent to an activating group) is 1. The molecule has 1 aliphatic rings. The van der Waals surface area contributed by atoms with Gasteiger partial charge in [-0.3, -0.25) is 0 Å². The first-order valence-corrected chi connectivity index (χ1v) is 8.22. The van der Waals surface area contributed by atoms with Gasteiger partial charge < -0.3 is 15.0 Å². The van der Waals surface area contributed by atoms with Gasteiger partial charge in [0, 0.05) is 44.3 Å². The summed E-state index contributed by atoms with van der Waals surface area (Å²) in [7, 11) is 2.23. The smallest absolute Gasteiger partial charge is 0.0469 e. The Balaban J connectivity index is 1.48. The monoisotopic (exact) mass is 282 g/mol. The van der Waals surface area contributed by atoms with Gasteiger partial charge in [0.2, 0.25) is 0 Å². The molecule has 4 heteroatoms. The molecule has 1 N–H and O–H groups in total. The van der Waals surface area contributed by atoms with Gasteiger partial charge in [0.25, 0.3) is 0 Å². The maximum Gasteiger partial charge on any atom is 0.0469 e. The Hall–Kier alpha value is -0.420. The minimum atomic E-state index is 0.838. The number of ether oxygens (including phenoxy) is 1. The zero-order chi connectivity index (χ0) is 13.3. The summed E-state index contributed by atoms with van der Waals surface area (Å²) in [4.78, 5) is 3.93. The molecule has 2 rings (SSSR count). The maximum absolute atomic E-state index is 5.40. The number of nitrogens with one attached hydrogen (secondary N) is 1. The van der Waals surface area contributed by atoms with Crippen molar-refractivity contribution in [3.63, 3.8) is 0 Å². The van der Waals surface area contributed by atoms with Crippen LogP contribution in [0.5, 0.6) is 0 Å². The predicted octanol–water partition coefficient (Wildman–Crippen LogP) is 2.24. The van der Waals surface area contributed by atoms with Crippen LogP contribution in [-0.4, -0.2) is 51.3 Å². The van der Waals surface area contributed by atoms with Crippen molar-refractivity contribution < 1.29 is 4.74 Å². The molecular formula is C15H26N2OS. The van der Waals surface area contributed by atoms with Crippen LogP contribution in [0.1, 0.15) is 17.7 Å². The summed E-state index contributed by atoms with van der Waals surface area (Å²) in [6, 6.07) is 4.34. The van der Waals surface area contributed by atoms with Crippen LogP contribution >= 0.6 is 11.3 Å². The zero-order valence-corrected chi connectivity index (χ0v) is 12.8. The van der Waals surface area contributed by atoms with E-state index in [1.165, 1.54) is 24.3 Å². The van der Waals surface area contributed by atoms with E-state index >= 15 is 0 Å². The molecule has 0 unspecified atom stereocenters. The van der Waals surface area contributed by atoms with E-state index in [2.05, 4.69) is 34.8 Å². The van der Waals surface area contributed by atoms with Crippen molar-refractivity contribution in [3.05, 3.63) is 22.4 Å². The molecule has 1 fully saturated rings. The number of hydrogen-bond acceptors (Lipinski definition) is 4. The minimum absolute atomic E-state index is 0.838. The quantitative estimate of drug-likeness (QED) is 0.740. The average molecular weight is 282 g/mol. The van der Waals surface area contributed by atoms with Crippen molar-refractivity contribution in [2.75, 3.05) is 46.4 Å². The molecule has 0 saturated carbocycles. The molecule has 0 aromatic carbocycles. The maximum atomic E-state index is 5.40. The van der Waals surface area contributed by atoms with E-state index in [1.807, 2.05) is 11.3 Å². The first kappa shape index (κ1) is 15.0. The van der Waals surface area contributed by atoms with E-state index in [0.717, 1.165) is 45.2 Å². The number of rotatable bonds is 8. The Morgan fingerprint density at radius 2 is 2.21 bits per heavy atom. The van der Waals surface area contributed by atoms with Crippen LogP contribution in [0.3, 0.4) is 0 Å². The summed E-state index contributed by atoms with van der Waals surface area (Å²) in [5.41, 5.74) is 0. The number of nitrogens with zero attached hydrogens (tertiary/aromatic N) is 1. The first-order valence-electron chi connectivity index (χ1n) is 7.34. The molecule has 3 nitrogen and oxygen atoms in total. The van der Waals surface area contributed by atoms with Crippen molar-refractivity contribution >= 4 is 11.3 Å². The summed E-state index contributed by atoms with van der Waals surface area (Å²) in [5.74, 6) is 0.838. The molecule has 1 aromatic heterocycles. The van der Waals surface area contributed by atoms with Gasteiger partial charge >= 0.3 is 0 Å². The third-order valence-corrected chi connectivity index (χ3v) is 4.65. The number of thiophene rings is 1. The van der Waals surface area contributed by atoms with Crippen molar-refractivity contribution in [2.24, 2.45) is 5.92 Å². The van der Waals surface area contributed by atoms with Crippen LogP contribution in [0.15, 0.2) is 17.5 Å². The normalized spacial score (nSPS) is 17.2. The highest BCUT2D eigenvalue weighted by molar-refractivity contribution is 7.09. The first-order chi connectivity index (χ1) is 9.34. The highest BCUT2D eigenvalue weighted by Gasteiger charge is 2.15. The van der Waals surface area contributed by atoms with Gasteiger partial charge in [0.05, 0.1) is 0 Å². The Morgan fingerprint density at radius 1 is 1.37 bits per heavy atom. The molecule has 108 valence electrons. The van der Waals surface area contributed by atoms with E-state index in [-0.39, 0.29) is 0 Å². The van der Waals surface area contributed by atoms with Gasteiger partial charge in [-0.15, -0.1) is 11.3 Å². The lowest BCUT2D eigenvalue weighted by Crippen LogP contribution is -2.35. The summed E-state index contributed by atoms with van der Waals surface area (Å²) in [6.45, 7) is 6.45. The van der Waals surface area contributed by atoms with Crippen LogP contribution in [0.4, 0.5) is 0 Å². The fraction of sp³-hybridized carbons (Fsp3) is 0.733. The molecule has 0 aliphatic carbocycles. The molecule has 0 radical (unpaired) electrons. The fourth-order valence-corrected chi connectivity index (χ4v) is 3.23. The highest BCUT2D eigenvalue weighted by atomic mass is 32.1. The third kappa shape index (κ3) is 6.04. The van der Waals surface area contributed by atoms with Crippen molar-refractivity contribution in [3.8, 4) is 0 Å². The second kappa shape index (κ2) is 8.69. The van der Waals surface area contributed by atoms with E-state index in [1.54, 1.807) is 0 Å². The lowest BCUT2D eigenvalue weighted by molar-refractivity contribution is 0.0559. The summed E-state index contributed by atoms with van der Waals surface area (Å²) in [5, 5.41) is 5.68. The molecule has 0 atom stereocenters. The topological polar surface area (TPSA) is 24.5 Å². The Bertz CT molecular complexity index is 323. The largest absolute Gasteiger partial charge is 0.381 e. The fourth-order valence-electron chi connectivity index (χ4n) is 2.52. The predicted molar refractivity (Wildman–Crippen MR) is 81.9 cm³/mol. The summed E-state index contributed by atoms with van der Waals surface area (Å²) in [6.07, 6.45) is 3.62. The van der Waals surface area contributed by atoms with E-state index < -0.39 is 0 Å². The lowest BCUT2D eigenvalue weighted by atomic mass is 10.00. The Labute approximate surface area is 121 Å². The lowest BCUT2D eigenvalue weighted by Gasteiger charge is -2.27. The second-order valence-electron chi connectivity index (χ2n) is 5.40. The molecule has 19 heavy (non-hydrogen) atoms. The second-order valence-corrected chi connectivity index (χ2v) is 6.43. The van der Waals surface area contributed by atoms with Gasteiger partial charge in [0.15, 0.2) is 0 Å². The van der Waals surface area contributed by atoms with Crippen molar-refractivity contribution in [2.45, 2.75) is 19.3 Å². The van der Waals surface area contributed by atoms with Crippen LogP contribution in [0.25, 0.3) is 0 Å². The Kier molecular flexibility index (Phi) is 6.85. The highest BCUT2D eigenvalue weighted by Crippen LogP contribution is 2.15. The summed E-state index contributed by atoms with van der Waals surface area (Å²) < 4.78 is 5.40.